The number of hydrogen-bond donors (Lipinski definition) is 1. The summed E-state index contributed by atoms with van der Waals surface area (Å²) in [5, 5.41) is 10.8. The number of aliphatic hydroxyl groups is 1. The van der Waals surface area contributed by atoms with Crippen molar-refractivity contribution in [1.29, 1.82) is 0 Å². The molecule has 3 rings (SSSR count). The summed E-state index contributed by atoms with van der Waals surface area (Å²) in [5.41, 5.74) is 3.36. The van der Waals surface area contributed by atoms with Crippen LogP contribution >= 0.6 is 0 Å². The number of aliphatic hydroxyl groups excluding tert-OH is 1. The lowest BCUT2D eigenvalue weighted by Crippen LogP contribution is -2.35. The Kier molecular flexibility index (Phi) is 2.92. The number of aryl methyl sites for hydroxylation is 1. The van der Waals surface area contributed by atoms with Crippen molar-refractivity contribution in [1.82, 2.24) is 4.98 Å². The summed E-state index contributed by atoms with van der Waals surface area (Å²) in [7, 11) is 0. The van der Waals surface area contributed by atoms with Crippen LogP contribution < -0.4 is 4.90 Å². The highest BCUT2D eigenvalue weighted by Crippen LogP contribution is 2.28. The van der Waals surface area contributed by atoms with Crippen molar-refractivity contribution < 1.29 is 5.11 Å². The monoisotopic (exact) mass is 242 g/mol. The van der Waals surface area contributed by atoms with E-state index in [-0.39, 0.29) is 6.10 Å². The molecule has 1 aliphatic rings. The third-order valence-corrected chi connectivity index (χ3v) is 3.63. The van der Waals surface area contributed by atoms with Gasteiger partial charge in [0.05, 0.1) is 11.6 Å². The quantitative estimate of drug-likeness (QED) is 0.834. The van der Waals surface area contributed by atoms with E-state index < -0.39 is 0 Å². The summed E-state index contributed by atoms with van der Waals surface area (Å²) in [4.78, 5) is 6.93. The Morgan fingerprint density at radius 3 is 2.72 bits per heavy atom. The number of nitrogens with zero attached hydrogens (tertiary/aromatic N) is 2. The maximum absolute atomic E-state index is 9.60. The van der Waals surface area contributed by atoms with Crippen molar-refractivity contribution in [2.24, 2.45) is 0 Å². The number of rotatable bonds is 1. The Morgan fingerprint density at radius 1 is 1.22 bits per heavy atom. The third-order valence-electron chi connectivity index (χ3n) is 3.63. The van der Waals surface area contributed by atoms with Crippen LogP contribution in [0.25, 0.3) is 10.9 Å². The Balaban J connectivity index is 2.05. The van der Waals surface area contributed by atoms with E-state index in [1.165, 1.54) is 11.1 Å². The fourth-order valence-corrected chi connectivity index (χ4v) is 2.65. The summed E-state index contributed by atoms with van der Waals surface area (Å²) in [6.07, 6.45) is 1.58. The van der Waals surface area contributed by atoms with Crippen LogP contribution in [0.3, 0.4) is 0 Å². The lowest BCUT2D eigenvalue weighted by atomic mass is 10.1. The van der Waals surface area contributed by atoms with E-state index in [4.69, 9.17) is 0 Å². The molecule has 2 heterocycles. The molecule has 1 N–H and O–H groups in total. The highest BCUT2D eigenvalue weighted by atomic mass is 16.3. The molecule has 2 aromatic rings. The van der Waals surface area contributed by atoms with E-state index in [1.807, 2.05) is 13.0 Å². The van der Waals surface area contributed by atoms with Crippen LogP contribution in [-0.2, 0) is 0 Å². The highest BCUT2D eigenvalue weighted by molar-refractivity contribution is 5.92. The van der Waals surface area contributed by atoms with Gasteiger partial charge in [0.25, 0.3) is 0 Å². The lowest BCUT2D eigenvalue weighted by molar-refractivity contribution is 0.145. The molecule has 0 radical (unpaired) electrons. The number of piperidine rings is 1. The third kappa shape index (κ3) is 2.06. The molecule has 0 spiro atoms. The summed E-state index contributed by atoms with van der Waals surface area (Å²) in [6.45, 7) is 3.89. The second-order valence-electron chi connectivity index (χ2n) is 5.02. The van der Waals surface area contributed by atoms with Crippen molar-refractivity contribution >= 4 is 16.6 Å². The normalized spacial score (nSPS) is 17.3. The van der Waals surface area contributed by atoms with Crippen LogP contribution in [0.15, 0.2) is 30.3 Å². The highest BCUT2D eigenvalue weighted by Gasteiger charge is 2.19. The number of benzene rings is 1. The average molecular weight is 242 g/mol. The SMILES string of the molecule is Cc1cc(N2CCC(O)CC2)c2ccccc2n1. The number of anilines is 1. The number of fused-ring (bicyclic) bond motifs is 1. The summed E-state index contributed by atoms with van der Waals surface area (Å²) < 4.78 is 0. The van der Waals surface area contributed by atoms with Gasteiger partial charge >= 0.3 is 0 Å². The topological polar surface area (TPSA) is 36.4 Å². The van der Waals surface area contributed by atoms with E-state index in [2.05, 4.69) is 34.1 Å². The van der Waals surface area contributed by atoms with Crippen LogP contribution in [0.5, 0.6) is 0 Å². The smallest absolute Gasteiger partial charge is 0.0726 e. The standard InChI is InChI=1S/C15H18N2O/c1-11-10-15(17-8-6-12(18)7-9-17)13-4-2-3-5-14(13)16-11/h2-5,10,12,18H,6-9H2,1H3. The van der Waals surface area contributed by atoms with Gasteiger partial charge in [0.2, 0.25) is 0 Å². The maximum atomic E-state index is 9.60. The minimum Gasteiger partial charge on any atom is -0.393 e. The zero-order chi connectivity index (χ0) is 12.5. The van der Waals surface area contributed by atoms with Crippen LogP contribution in [0.4, 0.5) is 5.69 Å². The first-order chi connectivity index (χ1) is 8.74. The minimum absolute atomic E-state index is 0.129. The second-order valence-corrected chi connectivity index (χ2v) is 5.02. The Hall–Kier alpha value is -1.61. The zero-order valence-corrected chi connectivity index (χ0v) is 10.6. The van der Waals surface area contributed by atoms with Gasteiger partial charge in [-0.2, -0.15) is 0 Å². The van der Waals surface area contributed by atoms with Crippen molar-refractivity contribution in [2.75, 3.05) is 18.0 Å². The van der Waals surface area contributed by atoms with E-state index >= 15 is 0 Å². The predicted octanol–water partition coefficient (Wildman–Crippen LogP) is 2.50. The van der Waals surface area contributed by atoms with Crippen molar-refractivity contribution in [3.8, 4) is 0 Å². The summed E-state index contributed by atoms with van der Waals surface area (Å²) in [5.74, 6) is 0. The number of para-hydroxylation sites is 1. The predicted molar refractivity (Wildman–Crippen MR) is 73.9 cm³/mol. The van der Waals surface area contributed by atoms with E-state index in [9.17, 15) is 5.11 Å². The average Bonchev–Trinajstić information content (AvgIpc) is 2.38. The first-order valence-electron chi connectivity index (χ1n) is 6.53. The number of pyridine rings is 1. The molecule has 0 bridgehead atoms. The lowest BCUT2D eigenvalue weighted by Gasteiger charge is -2.32. The molecule has 0 atom stereocenters. The molecule has 3 nitrogen and oxygen atoms in total. The molecular weight excluding hydrogens is 224 g/mol. The molecule has 0 amide bonds. The van der Waals surface area contributed by atoms with Gasteiger partial charge < -0.3 is 10.0 Å². The number of hydrogen-bond acceptors (Lipinski definition) is 3. The van der Waals surface area contributed by atoms with Gasteiger partial charge in [0, 0.05) is 29.9 Å². The van der Waals surface area contributed by atoms with Crippen LogP contribution in [0, 0.1) is 6.92 Å². The Morgan fingerprint density at radius 2 is 1.94 bits per heavy atom. The van der Waals surface area contributed by atoms with Gasteiger partial charge in [0.1, 0.15) is 0 Å². The molecule has 3 heteroatoms. The molecule has 1 saturated heterocycles. The van der Waals surface area contributed by atoms with E-state index in [0.29, 0.717) is 0 Å². The van der Waals surface area contributed by atoms with Gasteiger partial charge in [-0.1, -0.05) is 18.2 Å². The van der Waals surface area contributed by atoms with E-state index in [0.717, 1.165) is 37.1 Å². The molecule has 0 saturated carbocycles. The maximum Gasteiger partial charge on any atom is 0.0726 e. The molecule has 0 unspecified atom stereocenters. The molecule has 0 aliphatic carbocycles. The fraction of sp³-hybridized carbons (Fsp3) is 0.400. The van der Waals surface area contributed by atoms with Gasteiger partial charge in [-0.3, -0.25) is 4.98 Å². The molecule has 18 heavy (non-hydrogen) atoms. The van der Waals surface area contributed by atoms with Crippen molar-refractivity contribution in [3.05, 3.63) is 36.0 Å². The molecule has 94 valence electrons. The first kappa shape index (κ1) is 11.5. The molecular formula is C15H18N2O. The molecule has 1 aromatic heterocycles. The minimum atomic E-state index is -0.129. The van der Waals surface area contributed by atoms with Gasteiger partial charge in [-0.05, 0) is 31.9 Å². The summed E-state index contributed by atoms with van der Waals surface area (Å²) in [6, 6.07) is 10.4. The van der Waals surface area contributed by atoms with Crippen molar-refractivity contribution in [3.63, 3.8) is 0 Å². The van der Waals surface area contributed by atoms with Crippen LogP contribution in [0.2, 0.25) is 0 Å². The van der Waals surface area contributed by atoms with Crippen LogP contribution in [0.1, 0.15) is 18.5 Å². The zero-order valence-electron chi connectivity index (χ0n) is 10.6. The second kappa shape index (κ2) is 4.58. The van der Waals surface area contributed by atoms with Crippen LogP contribution in [-0.4, -0.2) is 29.3 Å². The van der Waals surface area contributed by atoms with Gasteiger partial charge in [-0.25, -0.2) is 0 Å². The number of aromatic nitrogens is 1. The van der Waals surface area contributed by atoms with E-state index in [1.54, 1.807) is 0 Å². The first-order valence-corrected chi connectivity index (χ1v) is 6.53. The fourth-order valence-electron chi connectivity index (χ4n) is 2.65. The summed E-state index contributed by atoms with van der Waals surface area (Å²) >= 11 is 0. The Labute approximate surface area is 107 Å². The van der Waals surface area contributed by atoms with Gasteiger partial charge in [0.15, 0.2) is 0 Å². The van der Waals surface area contributed by atoms with Gasteiger partial charge in [-0.15, -0.1) is 0 Å². The largest absolute Gasteiger partial charge is 0.393 e. The molecule has 1 aliphatic heterocycles. The molecule has 1 aromatic carbocycles. The molecule has 1 fully saturated rings. The van der Waals surface area contributed by atoms with Crippen molar-refractivity contribution in [2.45, 2.75) is 25.9 Å². The Bertz CT molecular complexity index is 559.